The van der Waals surface area contributed by atoms with E-state index in [1.807, 2.05) is 23.9 Å². The number of rotatable bonds is 4. The summed E-state index contributed by atoms with van der Waals surface area (Å²) in [5.41, 5.74) is 0. The molecule has 2 unspecified atom stereocenters. The van der Waals surface area contributed by atoms with Crippen molar-refractivity contribution in [3.63, 3.8) is 0 Å². The predicted molar refractivity (Wildman–Crippen MR) is 68.4 cm³/mol. The normalized spacial score (nSPS) is 22.0. The zero-order valence-corrected chi connectivity index (χ0v) is 10.5. The van der Waals surface area contributed by atoms with E-state index in [-0.39, 0.29) is 6.10 Å². The van der Waals surface area contributed by atoms with E-state index in [0.717, 1.165) is 23.7 Å². The third kappa shape index (κ3) is 3.30. The molecule has 1 heterocycles. The minimum absolute atomic E-state index is 0.353. The van der Waals surface area contributed by atoms with Gasteiger partial charge in [-0.05, 0) is 42.0 Å². The summed E-state index contributed by atoms with van der Waals surface area (Å²) in [7, 11) is 0. The number of aliphatic hydroxyl groups is 1. The van der Waals surface area contributed by atoms with Crippen molar-refractivity contribution in [2.75, 3.05) is 18.1 Å². The molecule has 0 bridgehead atoms. The molecule has 1 aromatic carbocycles. The lowest BCUT2D eigenvalue weighted by Crippen LogP contribution is -2.27. The van der Waals surface area contributed by atoms with Crippen LogP contribution in [0.15, 0.2) is 24.3 Å². The molecule has 1 aliphatic rings. The Labute approximate surface area is 105 Å². The molecule has 2 atom stereocenters. The van der Waals surface area contributed by atoms with Gasteiger partial charge in [0.05, 0.1) is 6.10 Å². The number of thioether (sulfide) groups is 1. The van der Waals surface area contributed by atoms with Gasteiger partial charge in [-0.25, -0.2) is 0 Å². The second-order valence-electron chi connectivity index (χ2n) is 3.96. The Morgan fingerprint density at radius 1 is 1.56 bits per heavy atom. The molecule has 0 aromatic heterocycles. The molecule has 0 spiro atoms. The lowest BCUT2D eigenvalue weighted by molar-refractivity contribution is 0.0663. The Hall–Kier alpha value is -0.380. The van der Waals surface area contributed by atoms with Crippen LogP contribution >= 0.6 is 23.4 Å². The van der Waals surface area contributed by atoms with E-state index in [9.17, 15) is 5.11 Å². The van der Waals surface area contributed by atoms with Gasteiger partial charge in [-0.1, -0.05) is 17.7 Å². The number of benzene rings is 1. The van der Waals surface area contributed by atoms with Crippen molar-refractivity contribution in [2.45, 2.75) is 12.5 Å². The van der Waals surface area contributed by atoms with Gasteiger partial charge in [0.15, 0.2) is 0 Å². The average molecular weight is 259 g/mol. The molecule has 1 aromatic rings. The molecule has 1 saturated heterocycles. The van der Waals surface area contributed by atoms with Crippen LogP contribution in [0, 0.1) is 5.92 Å². The fraction of sp³-hybridized carbons (Fsp3) is 0.500. The van der Waals surface area contributed by atoms with Gasteiger partial charge in [-0.2, -0.15) is 11.8 Å². The zero-order valence-electron chi connectivity index (χ0n) is 8.93. The van der Waals surface area contributed by atoms with Gasteiger partial charge in [0, 0.05) is 5.02 Å². The lowest BCUT2D eigenvalue weighted by Gasteiger charge is -2.17. The topological polar surface area (TPSA) is 29.5 Å². The Morgan fingerprint density at radius 3 is 3.12 bits per heavy atom. The first-order chi connectivity index (χ1) is 7.75. The quantitative estimate of drug-likeness (QED) is 0.901. The second-order valence-corrected chi connectivity index (χ2v) is 5.55. The van der Waals surface area contributed by atoms with Crippen LogP contribution in [0.3, 0.4) is 0 Å². The van der Waals surface area contributed by atoms with Crippen LogP contribution in [-0.2, 0) is 0 Å². The molecule has 0 amide bonds. The Balaban J connectivity index is 1.82. The van der Waals surface area contributed by atoms with Crippen LogP contribution in [0.2, 0.25) is 5.02 Å². The number of halogens is 1. The van der Waals surface area contributed by atoms with E-state index >= 15 is 0 Å². The molecule has 2 nitrogen and oxygen atoms in total. The number of aliphatic hydroxyl groups excluding tert-OH is 1. The molecule has 1 fully saturated rings. The molecule has 0 aliphatic carbocycles. The third-order valence-corrected chi connectivity index (χ3v) is 4.15. The maximum atomic E-state index is 9.91. The van der Waals surface area contributed by atoms with Gasteiger partial charge in [0.1, 0.15) is 12.4 Å². The fourth-order valence-corrected chi connectivity index (χ4v) is 3.24. The first-order valence-electron chi connectivity index (χ1n) is 5.40. The monoisotopic (exact) mass is 258 g/mol. The summed E-state index contributed by atoms with van der Waals surface area (Å²) in [5.74, 6) is 3.29. The zero-order chi connectivity index (χ0) is 11.4. The van der Waals surface area contributed by atoms with Crippen LogP contribution in [0.25, 0.3) is 0 Å². The molecule has 16 heavy (non-hydrogen) atoms. The van der Waals surface area contributed by atoms with E-state index < -0.39 is 0 Å². The van der Waals surface area contributed by atoms with E-state index in [4.69, 9.17) is 16.3 Å². The van der Waals surface area contributed by atoms with Crippen LogP contribution < -0.4 is 4.74 Å². The molecule has 4 heteroatoms. The van der Waals surface area contributed by atoms with E-state index in [1.54, 1.807) is 12.1 Å². The molecule has 1 aliphatic heterocycles. The molecule has 0 radical (unpaired) electrons. The van der Waals surface area contributed by atoms with Gasteiger partial charge >= 0.3 is 0 Å². The highest BCUT2D eigenvalue weighted by Crippen LogP contribution is 2.26. The number of hydrogen-bond acceptors (Lipinski definition) is 3. The number of hydrogen-bond donors (Lipinski definition) is 1. The third-order valence-electron chi connectivity index (χ3n) is 2.73. The maximum absolute atomic E-state index is 9.91. The van der Waals surface area contributed by atoms with Crippen molar-refractivity contribution in [1.29, 1.82) is 0 Å². The van der Waals surface area contributed by atoms with Crippen molar-refractivity contribution in [2.24, 2.45) is 5.92 Å². The van der Waals surface area contributed by atoms with Crippen LogP contribution in [-0.4, -0.2) is 29.3 Å². The van der Waals surface area contributed by atoms with Gasteiger partial charge in [0.2, 0.25) is 0 Å². The highest BCUT2D eigenvalue weighted by Gasteiger charge is 2.23. The summed E-state index contributed by atoms with van der Waals surface area (Å²) in [5, 5.41) is 10.6. The number of ether oxygens (including phenoxy) is 1. The van der Waals surface area contributed by atoms with Crippen molar-refractivity contribution in [3.8, 4) is 5.75 Å². The highest BCUT2D eigenvalue weighted by atomic mass is 35.5. The molecule has 2 rings (SSSR count). The fourth-order valence-electron chi connectivity index (χ4n) is 1.73. The van der Waals surface area contributed by atoms with Crippen molar-refractivity contribution < 1.29 is 9.84 Å². The standard InChI is InChI=1S/C12H15ClO2S/c13-10-2-1-3-11(6-10)15-7-12(14)9-4-5-16-8-9/h1-3,6,9,12,14H,4-5,7-8H2. The largest absolute Gasteiger partial charge is 0.491 e. The summed E-state index contributed by atoms with van der Waals surface area (Å²) < 4.78 is 5.52. The van der Waals surface area contributed by atoms with Crippen LogP contribution in [0.4, 0.5) is 0 Å². The first kappa shape index (κ1) is 12.1. The average Bonchev–Trinajstić information content (AvgIpc) is 2.79. The molecule has 0 saturated carbocycles. The van der Waals surface area contributed by atoms with E-state index in [2.05, 4.69) is 0 Å². The predicted octanol–water partition coefficient (Wildman–Crippen LogP) is 2.83. The second kappa shape index (κ2) is 5.80. The minimum Gasteiger partial charge on any atom is -0.491 e. The van der Waals surface area contributed by atoms with Crippen molar-refractivity contribution in [1.82, 2.24) is 0 Å². The van der Waals surface area contributed by atoms with Crippen LogP contribution in [0.1, 0.15) is 6.42 Å². The van der Waals surface area contributed by atoms with Gasteiger partial charge < -0.3 is 9.84 Å². The molecular weight excluding hydrogens is 244 g/mol. The maximum Gasteiger partial charge on any atom is 0.120 e. The van der Waals surface area contributed by atoms with Gasteiger partial charge in [0.25, 0.3) is 0 Å². The van der Waals surface area contributed by atoms with Gasteiger partial charge in [-0.15, -0.1) is 0 Å². The Kier molecular flexibility index (Phi) is 4.38. The van der Waals surface area contributed by atoms with Crippen molar-refractivity contribution in [3.05, 3.63) is 29.3 Å². The van der Waals surface area contributed by atoms with E-state index in [1.165, 1.54) is 0 Å². The van der Waals surface area contributed by atoms with Gasteiger partial charge in [-0.3, -0.25) is 0 Å². The minimum atomic E-state index is -0.367. The van der Waals surface area contributed by atoms with Crippen molar-refractivity contribution >= 4 is 23.4 Å². The summed E-state index contributed by atoms with van der Waals surface area (Å²) >= 11 is 7.74. The summed E-state index contributed by atoms with van der Waals surface area (Å²) in [6.45, 7) is 0.353. The summed E-state index contributed by atoms with van der Waals surface area (Å²) in [6, 6.07) is 7.26. The lowest BCUT2D eigenvalue weighted by atomic mass is 10.0. The highest BCUT2D eigenvalue weighted by molar-refractivity contribution is 7.99. The summed E-state index contributed by atoms with van der Waals surface area (Å²) in [6.07, 6.45) is 0.721. The molecule has 88 valence electrons. The van der Waals surface area contributed by atoms with E-state index in [0.29, 0.717) is 17.5 Å². The SMILES string of the molecule is OC(COc1cccc(Cl)c1)C1CCSC1. The molecular formula is C12H15ClO2S. The smallest absolute Gasteiger partial charge is 0.120 e. The Bertz CT molecular complexity index is 340. The first-order valence-corrected chi connectivity index (χ1v) is 6.93. The Morgan fingerprint density at radius 2 is 2.44 bits per heavy atom. The van der Waals surface area contributed by atoms with Crippen LogP contribution in [0.5, 0.6) is 5.75 Å². The molecule has 1 N–H and O–H groups in total. The summed E-state index contributed by atoms with van der Waals surface area (Å²) in [4.78, 5) is 0.